The van der Waals surface area contributed by atoms with Crippen molar-refractivity contribution < 1.29 is 0 Å². The van der Waals surface area contributed by atoms with Gasteiger partial charge in [0.1, 0.15) is 0 Å². The molecule has 0 saturated heterocycles. The molecule has 0 radical (unpaired) electrons. The van der Waals surface area contributed by atoms with Crippen LogP contribution in [-0.2, 0) is 0 Å². The zero-order chi connectivity index (χ0) is 12.4. The number of aromatic nitrogens is 1. The summed E-state index contributed by atoms with van der Waals surface area (Å²) in [4.78, 5) is 4.51. The van der Waals surface area contributed by atoms with Gasteiger partial charge in [-0.15, -0.1) is 11.3 Å². The lowest BCUT2D eigenvalue weighted by atomic mass is 10.0. The lowest BCUT2D eigenvalue weighted by Crippen LogP contribution is -2.17. The van der Waals surface area contributed by atoms with Gasteiger partial charge in [-0.3, -0.25) is 4.98 Å². The summed E-state index contributed by atoms with van der Waals surface area (Å²) in [6.07, 6.45) is 1.96. The summed E-state index contributed by atoms with van der Waals surface area (Å²) in [6.45, 7) is 0. The molecule has 2 nitrogen and oxygen atoms in total. The van der Waals surface area contributed by atoms with Crippen molar-refractivity contribution in [2.75, 3.05) is 7.05 Å². The average molecular weight is 254 g/mol. The maximum absolute atomic E-state index is 4.51. The van der Waals surface area contributed by atoms with E-state index in [4.69, 9.17) is 0 Å². The third-order valence-electron chi connectivity index (χ3n) is 3.08. The van der Waals surface area contributed by atoms with E-state index in [0.717, 1.165) is 5.52 Å². The van der Waals surface area contributed by atoms with E-state index in [9.17, 15) is 0 Å². The molecule has 3 aromatic rings. The van der Waals surface area contributed by atoms with Crippen LogP contribution in [0.3, 0.4) is 0 Å². The van der Waals surface area contributed by atoms with Gasteiger partial charge < -0.3 is 5.32 Å². The third-order valence-corrected chi connectivity index (χ3v) is 3.93. The van der Waals surface area contributed by atoms with Gasteiger partial charge in [0.2, 0.25) is 0 Å². The number of hydrogen-bond acceptors (Lipinski definition) is 3. The maximum atomic E-state index is 4.51. The smallest absolute Gasteiger partial charge is 0.0809 e. The molecule has 0 aliphatic heterocycles. The summed E-state index contributed by atoms with van der Waals surface area (Å²) in [6, 6.07) is 14.9. The number of nitrogens with zero attached hydrogens (tertiary/aromatic N) is 1. The molecule has 0 amide bonds. The zero-order valence-electron chi connectivity index (χ0n) is 10.1. The lowest BCUT2D eigenvalue weighted by Gasteiger charge is -2.16. The van der Waals surface area contributed by atoms with Crippen LogP contribution in [0.1, 0.15) is 17.2 Å². The second-order valence-corrected chi connectivity index (χ2v) is 5.15. The van der Waals surface area contributed by atoms with E-state index in [1.165, 1.54) is 15.8 Å². The molecule has 0 spiro atoms. The fourth-order valence-corrected chi connectivity index (χ4v) is 2.98. The molecule has 1 aromatic carbocycles. The normalized spacial score (nSPS) is 12.7. The fourth-order valence-electron chi connectivity index (χ4n) is 2.19. The highest BCUT2D eigenvalue weighted by Gasteiger charge is 2.12. The summed E-state index contributed by atoms with van der Waals surface area (Å²) in [5.74, 6) is 0. The first-order valence-electron chi connectivity index (χ1n) is 5.94. The van der Waals surface area contributed by atoms with Crippen LogP contribution < -0.4 is 5.32 Å². The van der Waals surface area contributed by atoms with Crippen LogP contribution in [0.25, 0.3) is 10.2 Å². The van der Waals surface area contributed by atoms with Gasteiger partial charge in [-0.25, -0.2) is 0 Å². The van der Waals surface area contributed by atoms with Crippen molar-refractivity contribution in [2.24, 2.45) is 0 Å². The number of rotatable bonds is 3. The van der Waals surface area contributed by atoms with Gasteiger partial charge in [0.25, 0.3) is 0 Å². The van der Waals surface area contributed by atoms with Gasteiger partial charge in [0, 0.05) is 6.20 Å². The highest BCUT2D eigenvalue weighted by atomic mass is 32.1. The van der Waals surface area contributed by atoms with Gasteiger partial charge in [0.05, 0.1) is 16.3 Å². The Morgan fingerprint density at radius 3 is 2.72 bits per heavy atom. The Kier molecular flexibility index (Phi) is 3.09. The molecule has 3 heteroatoms. The van der Waals surface area contributed by atoms with Gasteiger partial charge in [-0.05, 0) is 35.7 Å². The van der Waals surface area contributed by atoms with Gasteiger partial charge in [0.15, 0.2) is 0 Å². The maximum Gasteiger partial charge on any atom is 0.0809 e. The Hall–Kier alpha value is -1.71. The topological polar surface area (TPSA) is 24.9 Å². The Morgan fingerprint density at radius 2 is 1.94 bits per heavy atom. The number of fused-ring (bicyclic) bond motifs is 1. The van der Waals surface area contributed by atoms with Crippen LogP contribution in [0.5, 0.6) is 0 Å². The Labute approximate surface area is 110 Å². The predicted octanol–water partition coefficient (Wildman–Crippen LogP) is 3.61. The first-order chi connectivity index (χ1) is 8.88. The Morgan fingerprint density at radius 1 is 1.11 bits per heavy atom. The summed E-state index contributed by atoms with van der Waals surface area (Å²) in [7, 11) is 1.98. The molecule has 0 bridgehead atoms. The van der Waals surface area contributed by atoms with Crippen LogP contribution in [0.4, 0.5) is 0 Å². The van der Waals surface area contributed by atoms with Crippen LogP contribution in [-0.4, -0.2) is 12.0 Å². The summed E-state index contributed by atoms with van der Waals surface area (Å²) < 4.78 is 1.24. The largest absolute Gasteiger partial charge is 0.309 e. The highest BCUT2D eigenvalue weighted by molar-refractivity contribution is 7.17. The minimum absolute atomic E-state index is 0.199. The SMILES string of the molecule is CNC(c1ccccc1)c1cnc2ccsc2c1. The molecule has 1 atom stereocenters. The molecule has 2 heterocycles. The minimum Gasteiger partial charge on any atom is -0.309 e. The first-order valence-corrected chi connectivity index (χ1v) is 6.82. The number of benzene rings is 1. The second-order valence-electron chi connectivity index (χ2n) is 4.20. The van der Waals surface area contributed by atoms with Gasteiger partial charge in [-0.2, -0.15) is 0 Å². The zero-order valence-corrected chi connectivity index (χ0v) is 10.9. The molecular formula is C15H14N2S. The van der Waals surface area contributed by atoms with Crippen molar-refractivity contribution in [3.05, 3.63) is 65.2 Å². The predicted molar refractivity (Wildman–Crippen MR) is 77.0 cm³/mol. The molecule has 3 rings (SSSR count). The van der Waals surface area contributed by atoms with Crippen molar-refractivity contribution in [3.8, 4) is 0 Å². The average Bonchev–Trinajstić information content (AvgIpc) is 2.88. The molecule has 18 heavy (non-hydrogen) atoms. The lowest BCUT2D eigenvalue weighted by molar-refractivity contribution is 0.690. The van der Waals surface area contributed by atoms with E-state index < -0.39 is 0 Å². The molecule has 2 aromatic heterocycles. The molecular weight excluding hydrogens is 240 g/mol. The summed E-state index contributed by atoms with van der Waals surface area (Å²) in [5.41, 5.74) is 3.54. The molecule has 0 aliphatic rings. The van der Waals surface area contributed by atoms with E-state index >= 15 is 0 Å². The minimum atomic E-state index is 0.199. The number of thiophene rings is 1. The van der Waals surface area contributed by atoms with Crippen LogP contribution >= 0.6 is 11.3 Å². The Bertz CT molecular complexity index is 646. The second kappa shape index (κ2) is 4.88. The molecule has 1 unspecified atom stereocenters. The van der Waals surface area contributed by atoms with E-state index in [1.54, 1.807) is 11.3 Å². The quantitative estimate of drug-likeness (QED) is 0.772. The molecule has 0 aliphatic carbocycles. The van der Waals surface area contributed by atoms with Crippen LogP contribution in [0.15, 0.2) is 54.0 Å². The molecule has 0 fully saturated rings. The van der Waals surface area contributed by atoms with Crippen molar-refractivity contribution in [2.45, 2.75) is 6.04 Å². The molecule has 0 saturated carbocycles. The first kappa shape index (κ1) is 11.4. The summed E-state index contributed by atoms with van der Waals surface area (Å²) in [5, 5.41) is 5.44. The third kappa shape index (κ3) is 2.03. The molecule has 90 valence electrons. The van der Waals surface area contributed by atoms with E-state index in [0.29, 0.717) is 0 Å². The van der Waals surface area contributed by atoms with E-state index in [2.05, 4.69) is 52.1 Å². The number of pyridine rings is 1. The van der Waals surface area contributed by atoms with Gasteiger partial charge >= 0.3 is 0 Å². The standard InChI is InChI=1S/C15H14N2S/c1-16-15(11-5-3-2-4-6-11)12-9-14-13(17-10-12)7-8-18-14/h2-10,15-16H,1H3. The van der Waals surface area contributed by atoms with E-state index in [-0.39, 0.29) is 6.04 Å². The van der Waals surface area contributed by atoms with Crippen molar-refractivity contribution >= 4 is 21.6 Å². The monoisotopic (exact) mass is 254 g/mol. The van der Waals surface area contributed by atoms with Gasteiger partial charge in [-0.1, -0.05) is 30.3 Å². The van der Waals surface area contributed by atoms with Crippen LogP contribution in [0, 0.1) is 0 Å². The fraction of sp³-hybridized carbons (Fsp3) is 0.133. The molecule has 1 N–H and O–H groups in total. The van der Waals surface area contributed by atoms with Crippen molar-refractivity contribution in [1.82, 2.24) is 10.3 Å². The number of hydrogen-bond donors (Lipinski definition) is 1. The Balaban J connectivity index is 2.05. The van der Waals surface area contributed by atoms with Crippen molar-refractivity contribution in [3.63, 3.8) is 0 Å². The highest BCUT2D eigenvalue weighted by Crippen LogP contribution is 2.26. The van der Waals surface area contributed by atoms with Crippen molar-refractivity contribution in [1.29, 1.82) is 0 Å². The summed E-state index contributed by atoms with van der Waals surface area (Å²) >= 11 is 1.73. The van der Waals surface area contributed by atoms with E-state index in [1.807, 2.05) is 19.3 Å². The van der Waals surface area contributed by atoms with Crippen LogP contribution in [0.2, 0.25) is 0 Å². The number of nitrogens with one attached hydrogen (secondary N) is 1.